The van der Waals surface area contributed by atoms with E-state index in [0.29, 0.717) is 28.6 Å². The zero-order valence-corrected chi connectivity index (χ0v) is 18.3. The molecule has 0 saturated heterocycles. The molecule has 162 valence electrons. The number of aromatic nitrogens is 1. The lowest BCUT2D eigenvalue weighted by atomic mass is 10.1. The molecule has 0 aliphatic heterocycles. The Morgan fingerprint density at radius 3 is 2.41 bits per heavy atom. The predicted molar refractivity (Wildman–Crippen MR) is 127 cm³/mol. The van der Waals surface area contributed by atoms with Gasteiger partial charge >= 0.3 is 0 Å². The number of hydrogen-bond acceptors (Lipinski definition) is 5. The number of carbonyl (C=O) groups excluding carboxylic acids is 1. The SMILES string of the molecule is COc1ccc(OC)c(Nc2cc(C(=O)NC(C)c3ccccc3)c3ccccc3n2)c1. The molecule has 6 nitrogen and oxygen atoms in total. The van der Waals surface area contributed by atoms with E-state index in [1.807, 2.05) is 79.7 Å². The largest absolute Gasteiger partial charge is 0.497 e. The molecule has 32 heavy (non-hydrogen) atoms. The summed E-state index contributed by atoms with van der Waals surface area (Å²) in [5.41, 5.74) is 3.00. The molecule has 4 rings (SSSR count). The van der Waals surface area contributed by atoms with E-state index in [-0.39, 0.29) is 11.9 Å². The number of amides is 1. The molecule has 4 aromatic rings. The van der Waals surface area contributed by atoms with Gasteiger partial charge in [-0.1, -0.05) is 48.5 Å². The van der Waals surface area contributed by atoms with Gasteiger partial charge in [-0.25, -0.2) is 4.98 Å². The maximum absolute atomic E-state index is 13.3. The molecule has 0 radical (unpaired) electrons. The standard InChI is InChI=1S/C26H25N3O3/c1-17(18-9-5-4-6-10-18)27-26(30)21-16-25(28-22-12-8-7-11-20(21)22)29-23-15-19(31-2)13-14-24(23)32-3/h4-17H,1-3H3,(H,27,30)(H,28,29). The molecular formula is C26H25N3O3. The Bertz CT molecular complexity index is 1240. The predicted octanol–water partition coefficient (Wildman–Crippen LogP) is 5.49. The van der Waals surface area contributed by atoms with Crippen LogP contribution in [0.5, 0.6) is 11.5 Å². The number of rotatable bonds is 7. The number of para-hydroxylation sites is 1. The lowest BCUT2D eigenvalue weighted by molar-refractivity contribution is 0.0941. The van der Waals surface area contributed by atoms with Crippen LogP contribution in [0.1, 0.15) is 28.9 Å². The van der Waals surface area contributed by atoms with Crippen LogP contribution in [0.4, 0.5) is 11.5 Å². The fraction of sp³-hybridized carbons (Fsp3) is 0.154. The normalized spacial score (nSPS) is 11.6. The van der Waals surface area contributed by atoms with Crippen molar-refractivity contribution in [3.63, 3.8) is 0 Å². The van der Waals surface area contributed by atoms with E-state index in [1.54, 1.807) is 20.3 Å². The minimum atomic E-state index is -0.166. The molecule has 0 fully saturated rings. The van der Waals surface area contributed by atoms with Gasteiger partial charge in [0, 0.05) is 11.5 Å². The molecule has 2 N–H and O–H groups in total. The van der Waals surface area contributed by atoms with Crippen LogP contribution in [0, 0.1) is 0 Å². The van der Waals surface area contributed by atoms with Crippen LogP contribution in [0.15, 0.2) is 78.9 Å². The third-order valence-corrected chi connectivity index (χ3v) is 5.28. The van der Waals surface area contributed by atoms with E-state index in [9.17, 15) is 4.79 Å². The molecule has 0 aliphatic carbocycles. The quantitative estimate of drug-likeness (QED) is 0.408. The molecule has 1 unspecified atom stereocenters. The molecule has 6 heteroatoms. The van der Waals surface area contributed by atoms with E-state index in [4.69, 9.17) is 14.5 Å². The van der Waals surface area contributed by atoms with Gasteiger partial charge in [0.2, 0.25) is 0 Å². The zero-order chi connectivity index (χ0) is 22.5. The summed E-state index contributed by atoms with van der Waals surface area (Å²) < 4.78 is 10.8. The summed E-state index contributed by atoms with van der Waals surface area (Å²) in [6.07, 6.45) is 0. The maximum Gasteiger partial charge on any atom is 0.252 e. The number of hydrogen-bond donors (Lipinski definition) is 2. The second-order valence-corrected chi connectivity index (χ2v) is 7.37. The number of fused-ring (bicyclic) bond motifs is 1. The van der Waals surface area contributed by atoms with Crippen LogP contribution in [-0.2, 0) is 0 Å². The number of carbonyl (C=O) groups is 1. The third kappa shape index (κ3) is 4.49. The third-order valence-electron chi connectivity index (χ3n) is 5.28. The van der Waals surface area contributed by atoms with Gasteiger partial charge in [-0.05, 0) is 36.8 Å². The highest BCUT2D eigenvalue weighted by molar-refractivity contribution is 6.07. The van der Waals surface area contributed by atoms with Gasteiger partial charge in [0.1, 0.15) is 17.3 Å². The summed E-state index contributed by atoms with van der Waals surface area (Å²) >= 11 is 0. The summed E-state index contributed by atoms with van der Waals surface area (Å²) in [5.74, 6) is 1.70. The summed E-state index contributed by atoms with van der Waals surface area (Å²) in [4.78, 5) is 18.0. The fourth-order valence-electron chi connectivity index (χ4n) is 3.58. The molecule has 1 atom stereocenters. The van der Waals surface area contributed by atoms with E-state index < -0.39 is 0 Å². The smallest absolute Gasteiger partial charge is 0.252 e. The topological polar surface area (TPSA) is 72.5 Å². The first-order chi connectivity index (χ1) is 15.6. The summed E-state index contributed by atoms with van der Waals surface area (Å²) in [6, 6.07) is 24.6. The first kappa shape index (κ1) is 21.2. The second kappa shape index (κ2) is 9.39. The van der Waals surface area contributed by atoms with Crippen LogP contribution < -0.4 is 20.1 Å². The Kier molecular flexibility index (Phi) is 6.22. The van der Waals surface area contributed by atoms with Crippen LogP contribution in [0.3, 0.4) is 0 Å². The first-order valence-electron chi connectivity index (χ1n) is 10.3. The summed E-state index contributed by atoms with van der Waals surface area (Å²) in [5, 5.41) is 7.16. The Morgan fingerprint density at radius 2 is 1.66 bits per heavy atom. The molecule has 1 amide bonds. The van der Waals surface area contributed by atoms with E-state index in [2.05, 4.69) is 10.6 Å². The highest BCUT2D eigenvalue weighted by atomic mass is 16.5. The molecule has 0 spiro atoms. The highest BCUT2D eigenvalue weighted by Crippen LogP contribution is 2.32. The number of pyridine rings is 1. The lowest BCUT2D eigenvalue weighted by Crippen LogP contribution is -2.27. The molecule has 3 aromatic carbocycles. The van der Waals surface area contributed by atoms with Crippen LogP contribution in [0.25, 0.3) is 10.9 Å². The first-order valence-corrected chi connectivity index (χ1v) is 10.3. The van der Waals surface area contributed by atoms with Crippen molar-refractivity contribution in [2.24, 2.45) is 0 Å². The number of benzene rings is 3. The molecule has 0 bridgehead atoms. The monoisotopic (exact) mass is 427 g/mol. The van der Waals surface area contributed by atoms with Crippen LogP contribution in [-0.4, -0.2) is 25.1 Å². The summed E-state index contributed by atoms with van der Waals surface area (Å²) in [7, 11) is 3.21. The van der Waals surface area contributed by atoms with E-state index in [0.717, 1.165) is 16.5 Å². The van der Waals surface area contributed by atoms with E-state index >= 15 is 0 Å². The van der Waals surface area contributed by atoms with Crippen molar-refractivity contribution < 1.29 is 14.3 Å². The Balaban J connectivity index is 1.70. The average Bonchev–Trinajstić information content (AvgIpc) is 2.84. The van der Waals surface area contributed by atoms with Gasteiger partial charge in [0.25, 0.3) is 5.91 Å². The minimum Gasteiger partial charge on any atom is -0.497 e. The molecular weight excluding hydrogens is 402 g/mol. The summed E-state index contributed by atoms with van der Waals surface area (Å²) in [6.45, 7) is 1.97. The van der Waals surface area contributed by atoms with Gasteiger partial charge in [-0.2, -0.15) is 0 Å². The number of anilines is 2. The lowest BCUT2D eigenvalue weighted by Gasteiger charge is -2.17. The van der Waals surface area contributed by atoms with Gasteiger partial charge < -0.3 is 20.1 Å². The Hall–Kier alpha value is -4.06. The van der Waals surface area contributed by atoms with Crippen molar-refractivity contribution in [2.75, 3.05) is 19.5 Å². The van der Waals surface area contributed by atoms with Crippen molar-refractivity contribution in [2.45, 2.75) is 13.0 Å². The van der Waals surface area contributed by atoms with Crippen molar-refractivity contribution in [1.29, 1.82) is 0 Å². The Morgan fingerprint density at radius 1 is 0.906 bits per heavy atom. The van der Waals surface area contributed by atoms with Gasteiger partial charge in [-0.15, -0.1) is 0 Å². The fourth-order valence-corrected chi connectivity index (χ4v) is 3.58. The van der Waals surface area contributed by atoms with Crippen molar-refractivity contribution in [3.05, 3.63) is 90.0 Å². The maximum atomic E-state index is 13.3. The van der Waals surface area contributed by atoms with Crippen molar-refractivity contribution >= 4 is 28.3 Å². The van der Waals surface area contributed by atoms with Gasteiger partial charge in [-0.3, -0.25) is 4.79 Å². The average molecular weight is 428 g/mol. The van der Waals surface area contributed by atoms with Crippen molar-refractivity contribution in [1.82, 2.24) is 10.3 Å². The minimum absolute atomic E-state index is 0.134. The van der Waals surface area contributed by atoms with E-state index in [1.165, 1.54) is 0 Å². The number of methoxy groups -OCH3 is 2. The van der Waals surface area contributed by atoms with Crippen LogP contribution >= 0.6 is 0 Å². The molecule has 0 aliphatic rings. The molecule has 1 aromatic heterocycles. The van der Waals surface area contributed by atoms with Crippen molar-refractivity contribution in [3.8, 4) is 11.5 Å². The van der Waals surface area contributed by atoms with Gasteiger partial charge in [0.05, 0.1) is 37.0 Å². The van der Waals surface area contributed by atoms with Gasteiger partial charge in [0.15, 0.2) is 0 Å². The second-order valence-electron chi connectivity index (χ2n) is 7.37. The number of nitrogens with zero attached hydrogens (tertiary/aromatic N) is 1. The highest BCUT2D eigenvalue weighted by Gasteiger charge is 2.17. The Labute approximate surface area is 187 Å². The van der Waals surface area contributed by atoms with Crippen LogP contribution in [0.2, 0.25) is 0 Å². The molecule has 1 heterocycles. The number of nitrogens with one attached hydrogen (secondary N) is 2. The number of ether oxygens (including phenoxy) is 2. The zero-order valence-electron chi connectivity index (χ0n) is 18.3. The molecule has 0 saturated carbocycles.